The van der Waals surface area contributed by atoms with Crippen LogP contribution in [0.1, 0.15) is 58.8 Å². The maximum atomic E-state index is 12.9. The molecule has 2 fully saturated rings. The standard InChI is InChI=1S/C17H28N2O5/c1-3-6-12(16(21)22)18-10(2)15(20)19-13-8-5-4-7-11(13)9-14(19)17(23)24/h10-14,18H,3-9H2,1-2H3,(H,21,22)(H,23,24)/t10-,11-,12-,13-,14-/m1/s1. The molecule has 0 radical (unpaired) electrons. The Balaban J connectivity index is 2.12. The van der Waals surface area contributed by atoms with Crippen LogP contribution in [0.3, 0.4) is 0 Å². The first-order valence-electron chi connectivity index (χ1n) is 8.90. The van der Waals surface area contributed by atoms with E-state index in [9.17, 15) is 24.6 Å². The summed E-state index contributed by atoms with van der Waals surface area (Å²) in [6, 6.07) is -2.31. The molecule has 1 saturated heterocycles. The number of carboxylic acids is 2. The molecule has 3 N–H and O–H groups in total. The molecule has 1 aliphatic heterocycles. The molecule has 7 nitrogen and oxygen atoms in total. The number of nitrogens with zero attached hydrogens (tertiary/aromatic N) is 1. The maximum Gasteiger partial charge on any atom is 0.326 e. The minimum atomic E-state index is -0.983. The Labute approximate surface area is 142 Å². The molecular weight excluding hydrogens is 312 g/mol. The highest BCUT2D eigenvalue weighted by atomic mass is 16.4. The Morgan fingerprint density at radius 2 is 1.88 bits per heavy atom. The molecule has 0 unspecified atom stereocenters. The minimum Gasteiger partial charge on any atom is -0.480 e. The number of fused-ring (bicyclic) bond motifs is 1. The summed E-state index contributed by atoms with van der Waals surface area (Å²) in [5.41, 5.74) is 0. The van der Waals surface area contributed by atoms with Gasteiger partial charge in [0.25, 0.3) is 0 Å². The summed E-state index contributed by atoms with van der Waals surface area (Å²) in [5.74, 6) is -1.99. The third-order valence-electron chi connectivity index (χ3n) is 5.32. The van der Waals surface area contributed by atoms with Crippen LogP contribution in [0.2, 0.25) is 0 Å². The van der Waals surface area contributed by atoms with Crippen molar-refractivity contribution in [3.63, 3.8) is 0 Å². The first-order chi connectivity index (χ1) is 11.4. The number of aliphatic carboxylic acids is 2. The molecule has 7 heteroatoms. The lowest BCUT2D eigenvalue weighted by atomic mass is 9.84. The van der Waals surface area contributed by atoms with Crippen molar-refractivity contribution >= 4 is 17.8 Å². The van der Waals surface area contributed by atoms with E-state index >= 15 is 0 Å². The van der Waals surface area contributed by atoms with Gasteiger partial charge in [-0.15, -0.1) is 0 Å². The van der Waals surface area contributed by atoms with Gasteiger partial charge in [-0.05, 0) is 38.5 Å². The largest absolute Gasteiger partial charge is 0.480 e. The number of amides is 1. The van der Waals surface area contributed by atoms with Crippen molar-refractivity contribution < 1.29 is 24.6 Å². The van der Waals surface area contributed by atoms with Crippen LogP contribution in [-0.2, 0) is 14.4 Å². The van der Waals surface area contributed by atoms with E-state index in [4.69, 9.17) is 0 Å². The Morgan fingerprint density at radius 3 is 2.46 bits per heavy atom. The highest BCUT2D eigenvalue weighted by Gasteiger charge is 2.48. The lowest BCUT2D eigenvalue weighted by Gasteiger charge is -2.35. The Bertz CT molecular complexity index is 495. The summed E-state index contributed by atoms with van der Waals surface area (Å²) in [7, 11) is 0. The molecule has 1 amide bonds. The van der Waals surface area contributed by atoms with Gasteiger partial charge in [0.15, 0.2) is 0 Å². The first kappa shape index (κ1) is 18.7. The van der Waals surface area contributed by atoms with E-state index in [1.165, 1.54) is 4.90 Å². The molecule has 0 bridgehead atoms. The van der Waals surface area contributed by atoms with Gasteiger partial charge in [0, 0.05) is 6.04 Å². The summed E-state index contributed by atoms with van der Waals surface area (Å²) < 4.78 is 0. The van der Waals surface area contributed by atoms with Gasteiger partial charge in [-0.1, -0.05) is 26.2 Å². The predicted octanol–water partition coefficient (Wildman–Crippen LogP) is 1.46. The maximum absolute atomic E-state index is 12.9. The van der Waals surface area contributed by atoms with E-state index in [0.717, 1.165) is 25.7 Å². The third-order valence-corrected chi connectivity index (χ3v) is 5.32. The molecular formula is C17H28N2O5. The second kappa shape index (κ2) is 7.96. The van der Waals surface area contributed by atoms with Crippen LogP contribution in [-0.4, -0.2) is 57.1 Å². The molecule has 1 heterocycles. The highest BCUT2D eigenvalue weighted by molar-refractivity contribution is 5.88. The number of carbonyl (C=O) groups excluding carboxylic acids is 1. The predicted molar refractivity (Wildman–Crippen MR) is 87.6 cm³/mol. The Kier molecular flexibility index (Phi) is 6.21. The molecule has 1 aliphatic carbocycles. The van der Waals surface area contributed by atoms with Gasteiger partial charge in [-0.2, -0.15) is 0 Å². The summed E-state index contributed by atoms with van der Waals surface area (Å²) in [6.45, 7) is 3.51. The quantitative estimate of drug-likeness (QED) is 0.648. The number of rotatable bonds is 7. The van der Waals surface area contributed by atoms with Crippen molar-refractivity contribution in [2.75, 3.05) is 0 Å². The van der Waals surface area contributed by atoms with E-state index in [-0.39, 0.29) is 17.9 Å². The van der Waals surface area contributed by atoms with E-state index in [2.05, 4.69) is 5.32 Å². The SMILES string of the molecule is CCC[C@@H](N[C@H](C)C(=O)N1[C@@H](C(=O)O)C[C@H]2CCCC[C@H]21)C(=O)O. The minimum absolute atomic E-state index is 0.0222. The topological polar surface area (TPSA) is 107 Å². The van der Waals surface area contributed by atoms with Crippen LogP contribution in [0.25, 0.3) is 0 Å². The zero-order valence-electron chi connectivity index (χ0n) is 14.4. The molecule has 0 aromatic rings. The van der Waals surface area contributed by atoms with Crippen molar-refractivity contribution in [3.05, 3.63) is 0 Å². The van der Waals surface area contributed by atoms with Crippen molar-refractivity contribution in [1.29, 1.82) is 0 Å². The summed E-state index contributed by atoms with van der Waals surface area (Å²) >= 11 is 0. The van der Waals surface area contributed by atoms with Crippen LogP contribution in [0, 0.1) is 5.92 Å². The highest BCUT2D eigenvalue weighted by Crippen LogP contribution is 2.40. The van der Waals surface area contributed by atoms with Gasteiger partial charge in [0.05, 0.1) is 6.04 Å². The molecule has 24 heavy (non-hydrogen) atoms. The second-order valence-electron chi connectivity index (χ2n) is 7.01. The van der Waals surface area contributed by atoms with Crippen LogP contribution in [0.5, 0.6) is 0 Å². The summed E-state index contributed by atoms with van der Waals surface area (Å²) in [5, 5.41) is 21.6. The molecule has 5 atom stereocenters. The normalized spacial score (nSPS) is 28.9. The van der Waals surface area contributed by atoms with Crippen LogP contribution in [0.15, 0.2) is 0 Å². The first-order valence-corrected chi connectivity index (χ1v) is 8.90. The lowest BCUT2D eigenvalue weighted by molar-refractivity contribution is -0.151. The van der Waals surface area contributed by atoms with Gasteiger partial charge in [0.2, 0.25) is 5.91 Å². The van der Waals surface area contributed by atoms with E-state index in [1.54, 1.807) is 6.92 Å². The second-order valence-corrected chi connectivity index (χ2v) is 7.01. The zero-order valence-corrected chi connectivity index (χ0v) is 14.4. The van der Waals surface area contributed by atoms with Crippen molar-refractivity contribution in [3.8, 4) is 0 Å². The average molecular weight is 340 g/mol. The van der Waals surface area contributed by atoms with Gasteiger partial charge in [0.1, 0.15) is 12.1 Å². The van der Waals surface area contributed by atoms with Crippen molar-refractivity contribution in [2.45, 2.75) is 83.0 Å². The molecule has 0 aromatic carbocycles. The third kappa shape index (κ3) is 3.88. The van der Waals surface area contributed by atoms with Gasteiger partial charge < -0.3 is 15.1 Å². The Hall–Kier alpha value is -1.63. The Morgan fingerprint density at radius 1 is 1.21 bits per heavy atom. The van der Waals surface area contributed by atoms with Gasteiger partial charge >= 0.3 is 11.9 Å². The zero-order chi connectivity index (χ0) is 17.9. The molecule has 0 spiro atoms. The van der Waals surface area contributed by atoms with E-state index in [0.29, 0.717) is 19.3 Å². The smallest absolute Gasteiger partial charge is 0.326 e. The molecule has 1 saturated carbocycles. The molecule has 2 rings (SSSR count). The number of carboxylic acid groups (broad SMARTS) is 2. The lowest BCUT2D eigenvalue weighted by Crippen LogP contribution is -2.55. The fourth-order valence-electron chi connectivity index (χ4n) is 4.16. The number of hydrogen-bond acceptors (Lipinski definition) is 4. The summed E-state index contributed by atoms with van der Waals surface area (Å²) in [4.78, 5) is 37.3. The van der Waals surface area contributed by atoms with E-state index < -0.39 is 30.1 Å². The monoisotopic (exact) mass is 340 g/mol. The van der Waals surface area contributed by atoms with Crippen LogP contribution >= 0.6 is 0 Å². The average Bonchev–Trinajstić information content (AvgIpc) is 2.93. The fourth-order valence-corrected chi connectivity index (χ4v) is 4.16. The number of nitrogens with one attached hydrogen (secondary N) is 1. The van der Waals surface area contributed by atoms with Gasteiger partial charge in [-0.3, -0.25) is 14.9 Å². The molecule has 136 valence electrons. The van der Waals surface area contributed by atoms with Crippen molar-refractivity contribution in [2.24, 2.45) is 5.92 Å². The summed E-state index contributed by atoms with van der Waals surface area (Å²) in [6.07, 6.45) is 5.53. The number of likely N-dealkylation sites (tertiary alicyclic amines) is 1. The number of carbonyl (C=O) groups is 3. The molecule has 0 aromatic heterocycles. The van der Waals surface area contributed by atoms with Crippen LogP contribution in [0.4, 0.5) is 0 Å². The van der Waals surface area contributed by atoms with Crippen LogP contribution < -0.4 is 5.32 Å². The van der Waals surface area contributed by atoms with E-state index in [1.807, 2.05) is 6.92 Å². The van der Waals surface area contributed by atoms with Gasteiger partial charge in [-0.25, -0.2) is 4.79 Å². The fraction of sp³-hybridized carbons (Fsp3) is 0.824. The molecule has 2 aliphatic rings. The van der Waals surface area contributed by atoms with Crippen molar-refractivity contribution in [1.82, 2.24) is 10.2 Å². The number of hydrogen-bond donors (Lipinski definition) is 3.